The Hall–Kier alpha value is -5.66. The summed E-state index contributed by atoms with van der Waals surface area (Å²) < 4.78 is 6.81. The minimum absolute atomic E-state index is 0.960. The predicted octanol–water partition coefficient (Wildman–Crippen LogP) is 12.9. The Kier molecular flexibility index (Phi) is 5.90. The van der Waals surface area contributed by atoms with Crippen molar-refractivity contribution in [1.29, 1.82) is 0 Å². The average Bonchev–Trinajstić information content (AvgIpc) is 3.51. The molecule has 0 saturated carbocycles. The van der Waals surface area contributed by atoms with E-state index in [9.17, 15) is 0 Å². The van der Waals surface area contributed by atoms with Gasteiger partial charge < -0.3 is 4.42 Å². The van der Waals surface area contributed by atoms with E-state index < -0.39 is 0 Å². The molecule has 0 fully saturated rings. The fourth-order valence-corrected chi connectivity index (χ4v) is 8.28. The Morgan fingerprint density at radius 1 is 0.383 bits per heavy atom. The van der Waals surface area contributed by atoms with Gasteiger partial charge in [-0.25, -0.2) is 0 Å². The smallest absolute Gasteiger partial charge is 0.143 e. The van der Waals surface area contributed by atoms with Crippen molar-refractivity contribution in [1.82, 2.24) is 0 Å². The molecule has 222 valence electrons. The molecule has 1 heteroatoms. The molecule has 1 aliphatic rings. The van der Waals surface area contributed by atoms with Crippen LogP contribution >= 0.6 is 0 Å². The monoisotopic (exact) mass is 600 g/mol. The van der Waals surface area contributed by atoms with Crippen LogP contribution in [0.3, 0.4) is 0 Å². The number of aryl methyl sites for hydroxylation is 1. The lowest BCUT2D eigenvalue weighted by molar-refractivity contribution is 0.661. The van der Waals surface area contributed by atoms with Crippen molar-refractivity contribution in [3.05, 3.63) is 157 Å². The van der Waals surface area contributed by atoms with Gasteiger partial charge in [0.1, 0.15) is 11.2 Å². The van der Waals surface area contributed by atoms with Gasteiger partial charge in [0, 0.05) is 21.9 Å². The van der Waals surface area contributed by atoms with Gasteiger partial charge in [-0.05, 0) is 116 Å². The molecule has 47 heavy (non-hydrogen) atoms. The summed E-state index contributed by atoms with van der Waals surface area (Å²) in [6.07, 6.45) is 4.64. The summed E-state index contributed by atoms with van der Waals surface area (Å²) in [6.45, 7) is 0. The van der Waals surface area contributed by atoms with E-state index in [1.54, 1.807) is 0 Å². The molecule has 1 aliphatic carbocycles. The fourth-order valence-electron chi connectivity index (χ4n) is 8.28. The highest BCUT2D eigenvalue weighted by atomic mass is 16.3. The SMILES string of the molecule is c1cc(-c2ccc3ccccc3c2)cc(-c2c3ccccc3c(-c3c4c(cc5c3oc3ccccc35)CCCC4)c3ccccc23)c1. The number of rotatable bonds is 3. The van der Waals surface area contributed by atoms with Gasteiger partial charge in [-0.3, -0.25) is 0 Å². The summed E-state index contributed by atoms with van der Waals surface area (Å²) in [5, 5.41) is 10.1. The zero-order valence-corrected chi connectivity index (χ0v) is 26.1. The molecule has 0 amide bonds. The topological polar surface area (TPSA) is 13.1 Å². The first-order chi connectivity index (χ1) is 23.3. The Morgan fingerprint density at radius 2 is 1.00 bits per heavy atom. The molecule has 9 aromatic rings. The summed E-state index contributed by atoms with van der Waals surface area (Å²) in [5.74, 6) is 0. The zero-order chi connectivity index (χ0) is 30.9. The highest BCUT2D eigenvalue weighted by Crippen LogP contribution is 2.49. The molecule has 0 spiro atoms. The van der Waals surface area contributed by atoms with E-state index in [0.717, 1.165) is 24.0 Å². The Labute approximate surface area is 273 Å². The molecule has 1 nitrogen and oxygen atoms in total. The second-order valence-corrected chi connectivity index (χ2v) is 13.1. The molecule has 0 aliphatic heterocycles. The summed E-state index contributed by atoms with van der Waals surface area (Å²) in [4.78, 5) is 0. The molecule has 8 aromatic carbocycles. The Balaban J connectivity index is 1.29. The minimum atomic E-state index is 0.960. The summed E-state index contributed by atoms with van der Waals surface area (Å²) in [6, 6.07) is 53.5. The molecule has 1 aromatic heterocycles. The molecular weight excluding hydrogens is 569 g/mol. The van der Waals surface area contributed by atoms with Crippen molar-refractivity contribution in [2.24, 2.45) is 0 Å². The first kappa shape index (κ1) is 26.5. The number of benzene rings is 8. The van der Waals surface area contributed by atoms with E-state index >= 15 is 0 Å². The summed E-state index contributed by atoms with van der Waals surface area (Å²) in [7, 11) is 0. The van der Waals surface area contributed by atoms with E-state index in [4.69, 9.17) is 4.42 Å². The van der Waals surface area contributed by atoms with Crippen LogP contribution in [0, 0.1) is 0 Å². The van der Waals surface area contributed by atoms with E-state index in [-0.39, 0.29) is 0 Å². The second kappa shape index (κ2) is 10.4. The third kappa shape index (κ3) is 4.09. The second-order valence-electron chi connectivity index (χ2n) is 13.1. The molecule has 0 atom stereocenters. The van der Waals surface area contributed by atoms with Crippen LogP contribution in [-0.4, -0.2) is 0 Å². The molecule has 0 unspecified atom stereocenters. The first-order valence-electron chi connectivity index (χ1n) is 16.8. The average molecular weight is 601 g/mol. The number of hydrogen-bond acceptors (Lipinski definition) is 1. The number of fused-ring (bicyclic) bond motifs is 7. The van der Waals surface area contributed by atoms with Crippen LogP contribution in [0.2, 0.25) is 0 Å². The van der Waals surface area contributed by atoms with Gasteiger partial charge in [0.05, 0.1) is 0 Å². The minimum Gasteiger partial charge on any atom is -0.455 e. The van der Waals surface area contributed by atoms with Gasteiger partial charge in [0.2, 0.25) is 0 Å². The Morgan fingerprint density at radius 3 is 1.79 bits per heavy atom. The van der Waals surface area contributed by atoms with Gasteiger partial charge in [0.25, 0.3) is 0 Å². The van der Waals surface area contributed by atoms with Crippen LogP contribution in [0.1, 0.15) is 24.0 Å². The van der Waals surface area contributed by atoms with Gasteiger partial charge in [-0.15, -0.1) is 0 Å². The number of furan rings is 1. The maximum absolute atomic E-state index is 6.81. The maximum Gasteiger partial charge on any atom is 0.143 e. The van der Waals surface area contributed by atoms with Crippen LogP contribution in [0.15, 0.2) is 150 Å². The maximum atomic E-state index is 6.81. The molecule has 10 rings (SSSR count). The zero-order valence-electron chi connectivity index (χ0n) is 26.1. The third-order valence-corrected chi connectivity index (χ3v) is 10.4. The van der Waals surface area contributed by atoms with Crippen molar-refractivity contribution in [2.45, 2.75) is 25.7 Å². The third-order valence-electron chi connectivity index (χ3n) is 10.4. The lowest BCUT2D eigenvalue weighted by Crippen LogP contribution is -2.05. The van der Waals surface area contributed by atoms with Crippen LogP contribution < -0.4 is 0 Å². The largest absolute Gasteiger partial charge is 0.455 e. The van der Waals surface area contributed by atoms with E-state index in [2.05, 4.69) is 146 Å². The van der Waals surface area contributed by atoms with Crippen LogP contribution in [-0.2, 0) is 12.8 Å². The van der Waals surface area contributed by atoms with Gasteiger partial charge >= 0.3 is 0 Å². The standard InChI is InChI=1S/C46H32O/c1-2-13-30-26-32(25-24-29(30)12-1)31-15-11-16-34(27-31)43-37-19-5-7-21-39(37)44(40-22-8-6-20-38(40)43)45-35-17-4-3-14-33(35)28-41-36-18-9-10-23-42(36)47-46(41)45/h1-2,5-13,15-16,18-28H,3-4,14,17H2. The molecule has 0 radical (unpaired) electrons. The first-order valence-corrected chi connectivity index (χ1v) is 16.8. The quantitative estimate of drug-likeness (QED) is 0.184. The molecule has 0 N–H and O–H groups in total. The lowest BCUT2D eigenvalue weighted by Gasteiger charge is -2.23. The molecule has 1 heterocycles. The van der Waals surface area contributed by atoms with E-state index in [1.807, 2.05) is 0 Å². The van der Waals surface area contributed by atoms with Crippen LogP contribution in [0.25, 0.3) is 87.6 Å². The lowest BCUT2D eigenvalue weighted by atomic mass is 9.80. The van der Waals surface area contributed by atoms with Crippen LogP contribution in [0.5, 0.6) is 0 Å². The molecule has 0 saturated heterocycles. The highest BCUT2D eigenvalue weighted by molar-refractivity contribution is 6.25. The van der Waals surface area contributed by atoms with Gasteiger partial charge in [-0.1, -0.05) is 121 Å². The predicted molar refractivity (Wildman–Crippen MR) is 199 cm³/mol. The van der Waals surface area contributed by atoms with Crippen molar-refractivity contribution >= 4 is 54.3 Å². The van der Waals surface area contributed by atoms with Crippen molar-refractivity contribution in [2.75, 3.05) is 0 Å². The van der Waals surface area contributed by atoms with Crippen molar-refractivity contribution < 1.29 is 4.42 Å². The van der Waals surface area contributed by atoms with E-state index in [0.29, 0.717) is 0 Å². The Bertz CT molecular complexity index is 2630. The van der Waals surface area contributed by atoms with E-state index in [1.165, 1.54) is 100 Å². The number of hydrogen-bond donors (Lipinski definition) is 0. The van der Waals surface area contributed by atoms with Crippen molar-refractivity contribution in [3.8, 4) is 33.4 Å². The van der Waals surface area contributed by atoms with Crippen molar-refractivity contribution in [3.63, 3.8) is 0 Å². The summed E-state index contributed by atoms with van der Waals surface area (Å²) in [5.41, 5.74) is 12.5. The van der Waals surface area contributed by atoms with Crippen LogP contribution in [0.4, 0.5) is 0 Å². The number of para-hydroxylation sites is 1. The molecule has 0 bridgehead atoms. The molecular formula is C46H32O. The van der Waals surface area contributed by atoms with Gasteiger partial charge in [-0.2, -0.15) is 0 Å². The van der Waals surface area contributed by atoms with Gasteiger partial charge in [0.15, 0.2) is 0 Å². The normalized spacial score (nSPS) is 13.2. The highest BCUT2D eigenvalue weighted by Gasteiger charge is 2.26. The summed E-state index contributed by atoms with van der Waals surface area (Å²) >= 11 is 0. The fraction of sp³-hybridized carbons (Fsp3) is 0.0870.